The number of aliphatic imine (C=N–C) groups is 1. The maximum atomic E-state index is 11.2. The maximum absolute atomic E-state index is 11.2. The minimum absolute atomic E-state index is 0.0378. The topological polar surface area (TPSA) is 58.9 Å². The number of nitrogens with zero attached hydrogens (tertiary/aromatic N) is 1. The van der Waals surface area contributed by atoms with Crippen molar-refractivity contribution in [2.45, 2.75) is 13.8 Å². The summed E-state index contributed by atoms with van der Waals surface area (Å²) in [5, 5.41) is 9.30. The van der Waals surface area contributed by atoms with Crippen LogP contribution in [0.4, 0.5) is 5.69 Å². The third-order valence-electron chi connectivity index (χ3n) is 2.17. The van der Waals surface area contributed by atoms with E-state index in [4.69, 9.17) is 4.74 Å². The molecule has 0 amide bonds. The van der Waals surface area contributed by atoms with Crippen molar-refractivity contribution in [3.05, 3.63) is 35.6 Å². The Hall–Kier alpha value is -2.10. The molecule has 0 atom stereocenters. The van der Waals surface area contributed by atoms with E-state index in [1.54, 1.807) is 31.4 Å². The van der Waals surface area contributed by atoms with Crippen LogP contribution in [0.5, 0.6) is 5.75 Å². The largest absolute Gasteiger partial charge is 0.512 e. The molecule has 0 radical (unpaired) electrons. The molecular weight excluding hydrogens is 218 g/mol. The van der Waals surface area contributed by atoms with Crippen LogP contribution < -0.4 is 4.74 Å². The van der Waals surface area contributed by atoms with E-state index in [0.29, 0.717) is 11.4 Å². The molecule has 0 heterocycles. The number of carbonyl (C=O) groups is 1. The predicted octanol–water partition coefficient (Wildman–Crippen LogP) is 2.82. The molecule has 1 N–H and O–H groups in total. The summed E-state index contributed by atoms with van der Waals surface area (Å²) in [5.41, 5.74) is 0.858. The molecule has 4 nitrogen and oxygen atoms in total. The van der Waals surface area contributed by atoms with Gasteiger partial charge in [0, 0.05) is 12.3 Å². The number of hydrogen-bond donors (Lipinski definition) is 1. The first-order chi connectivity index (χ1) is 8.04. The van der Waals surface area contributed by atoms with E-state index in [1.807, 2.05) is 0 Å². The lowest BCUT2D eigenvalue weighted by Crippen LogP contribution is -2.01. The number of carbonyl (C=O) groups excluding carboxylic acids is 1. The standard InChI is InChI=1S/C13H15NO3/c1-9(15)13(10(2)16)8-14-11-5-4-6-12(7-11)17-3/h4-8,15H,1-3H3. The van der Waals surface area contributed by atoms with Crippen LogP contribution in [0.3, 0.4) is 0 Å². The molecule has 0 aliphatic carbocycles. The van der Waals surface area contributed by atoms with Gasteiger partial charge in [-0.25, -0.2) is 0 Å². The Labute approximate surface area is 100 Å². The lowest BCUT2D eigenvalue weighted by Gasteiger charge is -2.00. The Morgan fingerprint density at radius 1 is 1.41 bits per heavy atom. The molecule has 4 heteroatoms. The first-order valence-electron chi connectivity index (χ1n) is 5.13. The van der Waals surface area contributed by atoms with Crippen LogP contribution >= 0.6 is 0 Å². The Balaban J connectivity index is 2.97. The third-order valence-corrected chi connectivity index (χ3v) is 2.17. The summed E-state index contributed by atoms with van der Waals surface area (Å²) < 4.78 is 5.05. The molecule has 0 saturated heterocycles. The van der Waals surface area contributed by atoms with Crippen LogP contribution in [-0.4, -0.2) is 24.2 Å². The minimum atomic E-state index is -0.225. The van der Waals surface area contributed by atoms with Gasteiger partial charge in [-0.1, -0.05) is 6.07 Å². The van der Waals surface area contributed by atoms with Gasteiger partial charge in [-0.3, -0.25) is 9.79 Å². The number of rotatable bonds is 4. The summed E-state index contributed by atoms with van der Waals surface area (Å²) in [6.45, 7) is 2.83. The molecule has 0 spiro atoms. The van der Waals surface area contributed by atoms with Gasteiger partial charge < -0.3 is 9.84 Å². The number of benzene rings is 1. The summed E-state index contributed by atoms with van der Waals surface area (Å²) in [5.74, 6) is 0.425. The average Bonchev–Trinajstić information content (AvgIpc) is 2.28. The summed E-state index contributed by atoms with van der Waals surface area (Å²) in [6.07, 6.45) is 1.35. The third kappa shape index (κ3) is 3.75. The Morgan fingerprint density at radius 3 is 2.65 bits per heavy atom. The number of Topliss-reactive ketones (excluding diaryl/α,β-unsaturated/α-hetero) is 1. The van der Waals surface area contributed by atoms with Gasteiger partial charge in [0.15, 0.2) is 5.78 Å². The second kappa shape index (κ2) is 5.84. The number of aliphatic hydroxyl groups is 1. The SMILES string of the molecule is COc1cccc(N=CC(C(C)=O)=C(C)O)c1. The molecule has 17 heavy (non-hydrogen) atoms. The van der Waals surface area contributed by atoms with Gasteiger partial charge in [-0.15, -0.1) is 0 Å². The van der Waals surface area contributed by atoms with Crippen LogP contribution in [0.1, 0.15) is 13.8 Å². The quantitative estimate of drug-likeness (QED) is 0.494. The molecular formula is C13H15NO3. The normalized spacial score (nSPS) is 12.4. The van der Waals surface area contributed by atoms with Gasteiger partial charge >= 0.3 is 0 Å². The highest BCUT2D eigenvalue weighted by molar-refractivity contribution is 6.12. The number of aliphatic hydroxyl groups excluding tert-OH is 1. The zero-order valence-corrected chi connectivity index (χ0v) is 10.1. The molecule has 0 bridgehead atoms. The number of ketones is 1. The smallest absolute Gasteiger partial charge is 0.164 e. The Morgan fingerprint density at radius 2 is 2.12 bits per heavy atom. The van der Waals surface area contributed by atoms with Crippen molar-refractivity contribution >= 4 is 17.7 Å². The highest BCUT2D eigenvalue weighted by atomic mass is 16.5. The van der Waals surface area contributed by atoms with Gasteiger partial charge in [0.25, 0.3) is 0 Å². The van der Waals surface area contributed by atoms with Gasteiger partial charge in [0.1, 0.15) is 11.5 Å². The van der Waals surface area contributed by atoms with Crippen molar-refractivity contribution in [1.82, 2.24) is 0 Å². The molecule has 90 valence electrons. The first kappa shape index (κ1) is 13.0. The van der Waals surface area contributed by atoms with E-state index in [9.17, 15) is 9.90 Å². The van der Waals surface area contributed by atoms with E-state index in [2.05, 4.69) is 4.99 Å². The van der Waals surface area contributed by atoms with Crippen LogP contribution in [-0.2, 0) is 4.79 Å². The zero-order chi connectivity index (χ0) is 12.8. The fourth-order valence-electron chi connectivity index (χ4n) is 1.27. The first-order valence-corrected chi connectivity index (χ1v) is 5.13. The molecule has 0 saturated carbocycles. The van der Waals surface area contributed by atoms with Crippen LogP contribution in [0.15, 0.2) is 40.6 Å². The van der Waals surface area contributed by atoms with Crippen molar-refractivity contribution in [3.63, 3.8) is 0 Å². The molecule has 1 rings (SSSR count). The number of methoxy groups -OCH3 is 1. The van der Waals surface area contributed by atoms with E-state index in [0.717, 1.165) is 0 Å². The summed E-state index contributed by atoms with van der Waals surface area (Å²) in [6, 6.07) is 7.12. The fourth-order valence-corrected chi connectivity index (χ4v) is 1.27. The van der Waals surface area contributed by atoms with Crippen molar-refractivity contribution in [2.24, 2.45) is 4.99 Å². The highest BCUT2D eigenvalue weighted by Crippen LogP contribution is 2.19. The van der Waals surface area contributed by atoms with Crippen molar-refractivity contribution < 1.29 is 14.6 Å². The molecule has 0 aliphatic heterocycles. The molecule has 1 aromatic carbocycles. The van der Waals surface area contributed by atoms with Gasteiger partial charge in [0.2, 0.25) is 0 Å². The second-order valence-electron chi connectivity index (χ2n) is 3.51. The van der Waals surface area contributed by atoms with E-state index in [1.165, 1.54) is 20.1 Å². The van der Waals surface area contributed by atoms with Gasteiger partial charge in [0.05, 0.1) is 18.4 Å². The monoisotopic (exact) mass is 233 g/mol. The molecule has 0 aliphatic rings. The van der Waals surface area contributed by atoms with Gasteiger partial charge in [-0.2, -0.15) is 0 Å². The summed E-state index contributed by atoms with van der Waals surface area (Å²) in [4.78, 5) is 15.3. The van der Waals surface area contributed by atoms with Crippen LogP contribution in [0.2, 0.25) is 0 Å². The molecule has 1 aromatic rings. The second-order valence-corrected chi connectivity index (χ2v) is 3.51. The van der Waals surface area contributed by atoms with Crippen molar-refractivity contribution in [2.75, 3.05) is 7.11 Å². The fraction of sp³-hybridized carbons (Fsp3) is 0.231. The molecule has 0 unspecified atom stereocenters. The summed E-state index contributed by atoms with van der Waals surface area (Å²) in [7, 11) is 1.57. The Bertz CT molecular complexity index is 471. The van der Waals surface area contributed by atoms with E-state index < -0.39 is 0 Å². The average molecular weight is 233 g/mol. The van der Waals surface area contributed by atoms with Crippen molar-refractivity contribution in [3.8, 4) is 5.75 Å². The minimum Gasteiger partial charge on any atom is -0.512 e. The zero-order valence-electron chi connectivity index (χ0n) is 10.1. The lowest BCUT2D eigenvalue weighted by molar-refractivity contribution is -0.113. The van der Waals surface area contributed by atoms with Crippen LogP contribution in [0.25, 0.3) is 0 Å². The van der Waals surface area contributed by atoms with Gasteiger partial charge in [-0.05, 0) is 26.0 Å². The summed E-state index contributed by atoms with van der Waals surface area (Å²) >= 11 is 0. The molecule has 0 aromatic heterocycles. The number of allylic oxidation sites excluding steroid dienone is 2. The number of hydrogen-bond acceptors (Lipinski definition) is 4. The van der Waals surface area contributed by atoms with Crippen LogP contribution in [0, 0.1) is 0 Å². The van der Waals surface area contributed by atoms with E-state index in [-0.39, 0.29) is 17.1 Å². The predicted molar refractivity (Wildman–Crippen MR) is 67.2 cm³/mol. The highest BCUT2D eigenvalue weighted by Gasteiger charge is 2.04. The maximum Gasteiger partial charge on any atom is 0.164 e. The Kier molecular flexibility index (Phi) is 4.46. The molecule has 0 fully saturated rings. The van der Waals surface area contributed by atoms with Crippen molar-refractivity contribution in [1.29, 1.82) is 0 Å². The van der Waals surface area contributed by atoms with E-state index >= 15 is 0 Å². The lowest BCUT2D eigenvalue weighted by atomic mass is 10.2. The number of ether oxygens (including phenoxy) is 1.